The molecule has 6 aromatic carbocycles. The molecule has 0 saturated heterocycles. The summed E-state index contributed by atoms with van der Waals surface area (Å²) in [6.45, 7) is 8.22. The van der Waals surface area contributed by atoms with E-state index in [1.54, 1.807) is 0 Å². The van der Waals surface area contributed by atoms with Crippen molar-refractivity contribution in [3.05, 3.63) is 132 Å². The van der Waals surface area contributed by atoms with Gasteiger partial charge in [-0.15, -0.1) is 56.9 Å². The van der Waals surface area contributed by atoms with Gasteiger partial charge in [0, 0.05) is 0 Å². The monoisotopic (exact) mass is 570 g/mol. The molecule has 0 unspecified atom stereocenters. The van der Waals surface area contributed by atoms with Gasteiger partial charge >= 0.3 is 51.6 Å². The number of halogens is 2. The fraction of sp³-hybridized carbons (Fsp3) is 0.114. The summed E-state index contributed by atoms with van der Waals surface area (Å²) in [5, 5.41) is 5.33. The number of rotatable bonds is 2. The van der Waals surface area contributed by atoms with E-state index in [-0.39, 0.29) is 0 Å². The Morgan fingerprint density at radius 3 is 1.24 bits per heavy atom. The van der Waals surface area contributed by atoms with Crippen molar-refractivity contribution >= 4 is 44.0 Å². The van der Waals surface area contributed by atoms with Gasteiger partial charge in [-0.25, -0.2) is 0 Å². The summed E-state index contributed by atoms with van der Waals surface area (Å²) in [6, 6.07) is 43.2. The van der Waals surface area contributed by atoms with Crippen molar-refractivity contribution in [2.45, 2.75) is 27.7 Å². The molecule has 0 aliphatic rings. The number of hydrogen-bond donors (Lipinski definition) is 0. The third kappa shape index (κ3) is 7.65. The molecule has 0 aliphatic carbocycles. The predicted octanol–water partition coefficient (Wildman–Crippen LogP) is 11.2. The maximum absolute atomic E-state index is 5.51. The van der Waals surface area contributed by atoms with Gasteiger partial charge in [-0.2, -0.15) is 12.1 Å². The molecule has 3 heteroatoms. The van der Waals surface area contributed by atoms with Gasteiger partial charge in [0.05, 0.1) is 0 Å². The molecule has 0 saturated carbocycles. The van der Waals surface area contributed by atoms with E-state index < -0.39 is 15.3 Å². The van der Waals surface area contributed by atoms with E-state index in [0.717, 1.165) is 0 Å². The molecule has 0 aliphatic heterocycles. The fourth-order valence-electron chi connectivity index (χ4n) is 4.35. The second-order valence-corrected chi connectivity index (χ2v) is 16.0. The number of benzene rings is 4. The van der Waals surface area contributed by atoms with Crippen molar-refractivity contribution in [1.82, 2.24) is 0 Å². The standard InChI is InChI=1S/2C16H13.C3H6.2ClH.Ti/c2*1-12-9-14-7-8-15(11-16(14)10-12)13-5-3-2-4-6-13;1-3-2;;;/h2*2-11H,1H3;1-2H3;2*1H;/q2*-1;;;;+2/p-2. The van der Waals surface area contributed by atoms with Crippen molar-refractivity contribution in [1.29, 1.82) is 0 Å². The Bertz CT molecular complexity index is 1520. The van der Waals surface area contributed by atoms with Gasteiger partial charge < -0.3 is 0 Å². The smallest absolute Gasteiger partial charge is 0.0200 e. The summed E-state index contributed by atoms with van der Waals surface area (Å²) in [6.07, 6.45) is 0. The van der Waals surface area contributed by atoms with Crippen LogP contribution < -0.4 is 0 Å². The van der Waals surface area contributed by atoms with Gasteiger partial charge in [0.1, 0.15) is 0 Å². The zero-order chi connectivity index (χ0) is 27.1. The molecule has 0 radical (unpaired) electrons. The number of hydrogen-bond acceptors (Lipinski definition) is 0. The summed E-state index contributed by atoms with van der Waals surface area (Å²) in [7, 11) is 11.0. The number of aryl methyl sites for hydroxylation is 2. The van der Waals surface area contributed by atoms with Crippen molar-refractivity contribution in [2.75, 3.05) is 0 Å². The Kier molecular flexibility index (Phi) is 9.94. The van der Waals surface area contributed by atoms with Crippen LogP contribution in [0.15, 0.2) is 121 Å². The Balaban J connectivity index is 0.000000147. The van der Waals surface area contributed by atoms with Gasteiger partial charge in [-0.3, -0.25) is 0 Å². The molecule has 0 fully saturated rings. The minimum Gasteiger partial charge on any atom is -0.165 e. The predicted molar refractivity (Wildman–Crippen MR) is 167 cm³/mol. The third-order valence-electron chi connectivity index (χ3n) is 6.30. The molecule has 6 aromatic rings. The molecule has 38 heavy (non-hydrogen) atoms. The fourth-order valence-corrected chi connectivity index (χ4v) is 4.35. The largest absolute Gasteiger partial charge is 0.165 e. The molecule has 0 nitrogen and oxygen atoms in total. The molecular weight excluding hydrogens is 539 g/mol. The molecular formula is C35H32Cl2Ti-2. The first-order valence-corrected chi connectivity index (χ1v) is 17.8. The second-order valence-electron chi connectivity index (χ2n) is 9.75. The van der Waals surface area contributed by atoms with Crippen LogP contribution in [-0.4, -0.2) is 3.81 Å². The molecule has 0 amide bonds. The summed E-state index contributed by atoms with van der Waals surface area (Å²) in [4.78, 5) is 0. The van der Waals surface area contributed by atoms with E-state index in [0.29, 0.717) is 0 Å². The summed E-state index contributed by atoms with van der Waals surface area (Å²) < 4.78 is 1.21. The molecule has 0 N–H and O–H groups in total. The van der Waals surface area contributed by atoms with E-state index in [2.05, 4.69) is 135 Å². The maximum atomic E-state index is 5.51. The molecule has 0 bridgehead atoms. The van der Waals surface area contributed by atoms with E-state index in [1.807, 2.05) is 13.8 Å². The molecule has 0 heterocycles. The first-order valence-electron chi connectivity index (χ1n) is 12.7. The minimum absolute atomic E-state index is 1.21. The van der Waals surface area contributed by atoms with Crippen LogP contribution in [0.3, 0.4) is 0 Å². The Morgan fingerprint density at radius 1 is 0.526 bits per heavy atom. The van der Waals surface area contributed by atoms with E-state index >= 15 is 0 Å². The van der Waals surface area contributed by atoms with E-state index in [9.17, 15) is 0 Å². The quantitative estimate of drug-likeness (QED) is 0.143. The third-order valence-corrected chi connectivity index (χ3v) is 10.6. The summed E-state index contributed by atoms with van der Waals surface area (Å²) in [5.41, 5.74) is 7.81. The molecule has 0 atom stereocenters. The summed E-state index contributed by atoms with van der Waals surface area (Å²) >= 11 is -1.60. The van der Waals surface area contributed by atoms with Gasteiger partial charge in [0.15, 0.2) is 0 Å². The Morgan fingerprint density at radius 2 is 0.895 bits per heavy atom. The normalized spacial score (nSPS) is 10.4. The van der Waals surface area contributed by atoms with Gasteiger partial charge in [0.2, 0.25) is 0 Å². The zero-order valence-corrected chi connectivity index (χ0v) is 25.4. The van der Waals surface area contributed by atoms with Crippen LogP contribution in [0.2, 0.25) is 0 Å². The van der Waals surface area contributed by atoms with Gasteiger partial charge in [-0.05, 0) is 22.3 Å². The number of fused-ring (bicyclic) bond motifs is 2. The van der Waals surface area contributed by atoms with Crippen molar-refractivity contribution in [3.8, 4) is 22.3 Å². The van der Waals surface area contributed by atoms with Crippen LogP contribution >= 0.6 is 18.6 Å². The van der Waals surface area contributed by atoms with Crippen molar-refractivity contribution in [2.24, 2.45) is 0 Å². The molecule has 0 spiro atoms. The first-order chi connectivity index (χ1) is 18.3. The van der Waals surface area contributed by atoms with E-state index in [4.69, 9.17) is 18.6 Å². The van der Waals surface area contributed by atoms with Crippen LogP contribution in [0.25, 0.3) is 43.8 Å². The van der Waals surface area contributed by atoms with Crippen LogP contribution in [0, 0.1) is 13.8 Å². The molecule has 0 aromatic heterocycles. The Hall–Kier alpha value is -2.74. The van der Waals surface area contributed by atoms with Crippen molar-refractivity contribution < 1.29 is 15.3 Å². The van der Waals surface area contributed by atoms with Crippen LogP contribution in [0.4, 0.5) is 0 Å². The van der Waals surface area contributed by atoms with Crippen LogP contribution in [0.5, 0.6) is 0 Å². The van der Waals surface area contributed by atoms with Crippen molar-refractivity contribution in [3.63, 3.8) is 0 Å². The maximum Gasteiger partial charge on any atom is -0.0200 e. The first kappa shape index (κ1) is 28.3. The average molecular weight is 571 g/mol. The summed E-state index contributed by atoms with van der Waals surface area (Å²) in [5.74, 6) is 0. The topological polar surface area (TPSA) is 0 Å². The van der Waals surface area contributed by atoms with Gasteiger partial charge in [0.25, 0.3) is 0 Å². The average Bonchev–Trinajstić information content (AvgIpc) is 3.49. The molecule has 6 rings (SSSR count). The van der Waals surface area contributed by atoms with E-state index in [1.165, 1.54) is 58.7 Å². The SMILES string of the molecule is C[C](C)=[Ti]([Cl])[Cl].Cc1cc2cc(-c3ccccc3)ccc2[cH-]1.Cc1cc2cc(-c3ccccc3)ccc2[cH-]1. The zero-order valence-electron chi connectivity index (χ0n) is 22.3. The molecule has 192 valence electrons. The Labute approximate surface area is 240 Å². The van der Waals surface area contributed by atoms with Crippen LogP contribution in [0.1, 0.15) is 25.0 Å². The minimum atomic E-state index is -1.60. The van der Waals surface area contributed by atoms with Gasteiger partial charge in [-0.1, -0.05) is 98.8 Å². The van der Waals surface area contributed by atoms with Crippen LogP contribution in [-0.2, 0) is 15.3 Å². The second kappa shape index (κ2) is 13.4.